The number of rotatable bonds is 7. The van der Waals surface area contributed by atoms with Crippen LogP contribution in [0, 0.1) is 26.6 Å². The van der Waals surface area contributed by atoms with Gasteiger partial charge in [-0.3, -0.25) is 4.79 Å². The molecule has 0 aliphatic rings. The highest BCUT2D eigenvalue weighted by Crippen LogP contribution is 2.32. The van der Waals surface area contributed by atoms with Crippen molar-refractivity contribution < 1.29 is 13.9 Å². The Bertz CT molecular complexity index is 1300. The Morgan fingerprint density at radius 1 is 0.970 bits per heavy atom. The molecule has 0 saturated heterocycles. The van der Waals surface area contributed by atoms with Crippen LogP contribution >= 0.6 is 0 Å². The van der Waals surface area contributed by atoms with Crippen molar-refractivity contribution in [3.05, 3.63) is 101 Å². The van der Waals surface area contributed by atoms with E-state index >= 15 is 0 Å². The summed E-state index contributed by atoms with van der Waals surface area (Å²) in [5, 5.41) is 7.36. The number of para-hydroxylation sites is 1. The first-order valence-corrected chi connectivity index (χ1v) is 10.8. The molecule has 0 aliphatic heterocycles. The molecule has 4 aromatic rings. The molecule has 33 heavy (non-hydrogen) atoms. The van der Waals surface area contributed by atoms with Gasteiger partial charge >= 0.3 is 0 Å². The molecular formula is C27H26FN3O2. The Kier molecular flexibility index (Phi) is 6.54. The molecule has 6 heteroatoms. The predicted octanol–water partition coefficient (Wildman–Crippen LogP) is 6.30. The fraction of sp³-hybridized carbons (Fsp3) is 0.185. The smallest absolute Gasteiger partial charge is 0.226 e. The lowest BCUT2D eigenvalue weighted by Gasteiger charge is -2.12. The largest absolute Gasteiger partial charge is 0.439 e. The topological polar surface area (TPSA) is 56.1 Å². The van der Waals surface area contributed by atoms with Crippen molar-refractivity contribution in [1.82, 2.24) is 9.78 Å². The third-order valence-electron chi connectivity index (χ3n) is 5.34. The van der Waals surface area contributed by atoms with Crippen LogP contribution in [0.3, 0.4) is 0 Å². The molecule has 0 saturated carbocycles. The zero-order valence-electron chi connectivity index (χ0n) is 18.9. The first kappa shape index (κ1) is 22.3. The summed E-state index contributed by atoms with van der Waals surface area (Å²) in [7, 11) is 0. The first-order chi connectivity index (χ1) is 15.9. The van der Waals surface area contributed by atoms with Crippen molar-refractivity contribution >= 4 is 11.6 Å². The van der Waals surface area contributed by atoms with Gasteiger partial charge in [-0.2, -0.15) is 5.10 Å². The molecule has 4 rings (SSSR count). The average Bonchev–Trinajstić information content (AvgIpc) is 3.09. The molecule has 1 amide bonds. The maximum absolute atomic E-state index is 13.9. The van der Waals surface area contributed by atoms with Crippen LogP contribution in [-0.4, -0.2) is 15.7 Å². The number of hydrogen-bond acceptors (Lipinski definition) is 3. The van der Waals surface area contributed by atoms with Gasteiger partial charge in [0.1, 0.15) is 11.6 Å². The van der Waals surface area contributed by atoms with E-state index in [0.717, 1.165) is 28.1 Å². The average molecular weight is 444 g/mol. The van der Waals surface area contributed by atoms with E-state index in [4.69, 9.17) is 9.84 Å². The van der Waals surface area contributed by atoms with Crippen molar-refractivity contribution in [3.63, 3.8) is 0 Å². The number of carbonyl (C=O) groups excluding carboxylic acids is 1. The van der Waals surface area contributed by atoms with Gasteiger partial charge in [0.05, 0.1) is 17.1 Å². The van der Waals surface area contributed by atoms with E-state index in [0.29, 0.717) is 18.1 Å². The molecule has 0 aliphatic carbocycles. The van der Waals surface area contributed by atoms with Crippen molar-refractivity contribution in [1.29, 1.82) is 0 Å². The molecule has 1 aromatic heterocycles. The highest BCUT2D eigenvalue weighted by atomic mass is 19.1. The number of anilines is 1. The number of halogens is 1. The van der Waals surface area contributed by atoms with Gasteiger partial charge in [0.15, 0.2) is 0 Å². The van der Waals surface area contributed by atoms with Crippen LogP contribution in [0.25, 0.3) is 5.69 Å². The third-order valence-corrected chi connectivity index (χ3v) is 5.34. The number of nitrogens with zero attached hydrogens (tertiary/aromatic N) is 2. The minimum Gasteiger partial charge on any atom is -0.439 e. The van der Waals surface area contributed by atoms with Crippen LogP contribution in [0.5, 0.6) is 11.6 Å². The second kappa shape index (κ2) is 9.69. The standard InChI is InChI=1S/C27H26FN3O2/c1-18-8-6-10-21(16-18)31-27(33-22-11-7-9-19(2)17-22)23(20(3)30-31)14-15-26(32)29-25-13-5-4-12-24(25)28/h4-13,16-17H,14-15H2,1-3H3,(H,29,32). The first-order valence-electron chi connectivity index (χ1n) is 10.8. The lowest BCUT2D eigenvalue weighted by molar-refractivity contribution is -0.116. The fourth-order valence-corrected chi connectivity index (χ4v) is 3.67. The summed E-state index contributed by atoms with van der Waals surface area (Å²) in [6.45, 7) is 5.93. The van der Waals surface area contributed by atoms with Crippen LogP contribution in [0.1, 0.15) is 28.8 Å². The van der Waals surface area contributed by atoms with Crippen molar-refractivity contribution in [3.8, 4) is 17.3 Å². The van der Waals surface area contributed by atoms with E-state index in [-0.39, 0.29) is 18.0 Å². The number of aryl methyl sites for hydroxylation is 3. The molecule has 0 unspecified atom stereocenters. The number of carbonyl (C=O) groups is 1. The number of ether oxygens (including phenoxy) is 1. The Labute approximate surface area is 192 Å². The lowest BCUT2D eigenvalue weighted by atomic mass is 10.1. The summed E-state index contributed by atoms with van der Waals surface area (Å²) in [5.74, 6) is 0.533. The molecule has 0 fully saturated rings. The Hall–Kier alpha value is -3.93. The van der Waals surface area contributed by atoms with E-state index in [1.807, 2.05) is 69.3 Å². The monoisotopic (exact) mass is 443 g/mol. The van der Waals surface area contributed by atoms with Crippen molar-refractivity contribution in [2.24, 2.45) is 0 Å². The Morgan fingerprint density at radius 2 is 1.70 bits per heavy atom. The Balaban J connectivity index is 1.63. The maximum Gasteiger partial charge on any atom is 0.226 e. The van der Waals surface area contributed by atoms with Gasteiger partial charge in [0.2, 0.25) is 11.8 Å². The molecule has 168 valence electrons. The highest BCUT2D eigenvalue weighted by molar-refractivity contribution is 5.91. The minimum absolute atomic E-state index is 0.166. The summed E-state index contributed by atoms with van der Waals surface area (Å²) >= 11 is 0. The third kappa shape index (κ3) is 5.29. The number of hydrogen-bond donors (Lipinski definition) is 1. The van der Waals surface area contributed by atoms with Gasteiger partial charge < -0.3 is 10.1 Å². The number of nitrogens with one attached hydrogen (secondary N) is 1. The molecule has 0 spiro atoms. The molecule has 1 heterocycles. The second-order valence-electron chi connectivity index (χ2n) is 8.07. The predicted molar refractivity (Wildman–Crippen MR) is 128 cm³/mol. The molecule has 0 radical (unpaired) electrons. The lowest BCUT2D eigenvalue weighted by Crippen LogP contribution is -2.13. The molecular weight excluding hydrogens is 417 g/mol. The van der Waals surface area contributed by atoms with Gasteiger partial charge in [0.25, 0.3) is 0 Å². The number of benzene rings is 3. The van der Waals surface area contributed by atoms with Gasteiger partial charge in [0, 0.05) is 12.0 Å². The van der Waals surface area contributed by atoms with Crippen LogP contribution < -0.4 is 10.1 Å². The van der Waals surface area contributed by atoms with Crippen molar-refractivity contribution in [2.75, 3.05) is 5.32 Å². The maximum atomic E-state index is 13.9. The van der Waals surface area contributed by atoms with Crippen LogP contribution in [0.2, 0.25) is 0 Å². The number of amides is 1. The van der Waals surface area contributed by atoms with E-state index in [9.17, 15) is 9.18 Å². The molecule has 1 N–H and O–H groups in total. The molecule has 0 bridgehead atoms. The SMILES string of the molecule is Cc1cccc(Oc2c(CCC(=O)Nc3ccccc3F)c(C)nn2-c2cccc(C)c2)c1. The fourth-order valence-electron chi connectivity index (χ4n) is 3.67. The Morgan fingerprint density at radius 3 is 2.42 bits per heavy atom. The summed E-state index contributed by atoms with van der Waals surface area (Å²) in [6.07, 6.45) is 0.567. The van der Waals surface area contributed by atoms with Gasteiger partial charge in [-0.25, -0.2) is 9.07 Å². The van der Waals surface area contributed by atoms with Crippen LogP contribution in [0.15, 0.2) is 72.8 Å². The zero-order chi connectivity index (χ0) is 23.4. The van der Waals surface area contributed by atoms with E-state index in [2.05, 4.69) is 5.32 Å². The quantitative estimate of drug-likeness (QED) is 0.365. The van der Waals surface area contributed by atoms with E-state index < -0.39 is 5.82 Å². The van der Waals surface area contributed by atoms with E-state index in [1.165, 1.54) is 6.07 Å². The van der Waals surface area contributed by atoms with Crippen LogP contribution in [0.4, 0.5) is 10.1 Å². The normalized spacial score (nSPS) is 10.8. The summed E-state index contributed by atoms with van der Waals surface area (Å²) in [5.41, 5.74) is 4.85. The van der Waals surface area contributed by atoms with Crippen molar-refractivity contribution in [2.45, 2.75) is 33.6 Å². The van der Waals surface area contributed by atoms with Gasteiger partial charge in [-0.1, -0.05) is 36.4 Å². The summed E-state index contributed by atoms with van der Waals surface area (Å²) < 4.78 is 22.0. The summed E-state index contributed by atoms with van der Waals surface area (Å²) in [4.78, 5) is 12.5. The molecule has 5 nitrogen and oxygen atoms in total. The van der Waals surface area contributed by atoms with Crippen LogP contribution in [-0.2, 0) is 11.2 Å². The number of aromatic nitrogens is 2. The molecule has 0 atom stereocenters. The molecule has 3 aromatic carbocycles. The van der Waals surface area contributed by atoms with Gasteiger partial charge in [-0.05, 0) is 74.7 Å². The zero-order valence-corrected chi connectivity index (χ0v) is 18.9. The highest BCUT2D eigenvalue weighted by Gasteiger charge is 2.20. The minimum atomic E-state index is -0.460. The van der Waals surface area contributed by atoms with E-state index in [1.54, 1.807) is 22.9 Å². The summed E-state index contributed by atoms with van der Waals surface area (Å²) in [6, 6.07) is 21.9. The van der Waals surface area contributed by atoms with Gasteiger partial charge in [-0.15, -0.1) is 0 Å². The second-order valence-corrected chi connectivity index (χ2v) is 8.07.